The van der Waals surface area contributed by atoms with E-state index in [4.69, 9.17) is 11.6 Å². The van der Waals surface area contributed by atoms with E-state index >= 15 is 0 Å². The lowest BCUT2D eigenvalue weighted by Gasteiger charge is -2.09. The van der Waals surface area contributed by atoms with Crippen molar-refractivity contribution in [2.24, 2.45) is 0 Å². The van der Waals surface area contributed by atoms with Gasteiger partial charge in [0, 0.05) is 11.1 Å². The van der Waals surface area contributed by atoms with Gasteiger partial charge < -0.3 is 9.84 Å². The molecule has 1 N–H and O–H groups in total. The van der Waals surface area contributed by atoms with E-state index in [1.807, 2.05) is 0 Å². The molecule has 4 heteroatoms. The fraction of sp³-hybridized carbons (Fsp3) is 0.0714. The summed E-state index contributed by atoms with van der Waals surface area (Å²) in [7, 11) is 1.30. The lowest BCUT2D eigenvalue weighted by molar-refractivity contribution is 0.0601. The Labute approximate surface area is 110 Å². The smallest absolute Gasteiger partial charge is 0.339 e. The quantitative estimate of drug-likeness (QED) is 0.843. The third kappa shape index (κ3) is 2.17. The summed E-state index contributed by atoms with van der Waals surface area (Å²) < 4.78 is 4.65. The van der Waals surface area contributed by atoms with Crippen LogP contribution in [-0.2, 0) is 4.74 Å². The molecule has 0 saturated heterocycles. The summed E-state index contributed by atoms with van der Waals surface area (Å²) in [6, 6.07) is 11.8. The Hall–Kier alpha value is -2.00. The molecule has 0 unspecified atom stereocenters. The molecule has 2 rings (SSSR count). The molecule has 0 spiro atoms. The minimum atomic E-state index is -0.503. The van der Waals surface area contributed by atoms with Crippen LogP contribution in [0.1, 0.15) is 10.4 Å². The largest absolute Gasteiger partial charge is 0.507 e. The van der Waals surface area contributed by atoms with Crippen molar-refractivity contribution < 1.29 is 14.6 Å². The van der Waals surface area contributed by atoms with Gasteiger partial charge in [0.15, 0.2) is 0 Å². The summed E-state index contributed by atoms with van der Waals surface area (Å²) in [6.07, 6.45) is 0. The van der Waals surface area contributed by atoms with Gasteiger partial charge in [0.05, 0.1) is 17.7 Å². The molecule has 0 aromatic heterocycles. The van der Waals surface area contributed by atoms with Crippen LogP contribution in [0.2, 0.25) is 5.02 Å². The number of ether oxygens (including phenoxy) is 1. The number of phenols is 1. The number of para-hydroxylation sites is 1. The zero-order valence-electron chi connectivity index (χ0n) is 9.68. The molecule has 0 radical (unpaired) electrons. The van der Waals surface area contributed by atoms with Crippen molar-refractivity contribution in [3.8, 4) is 16.9 Å². The normalized spacial score (nSPS) is 10.1. The van der Waals surface area contributed by atoms with Gasteiger partial charge >= 0.3 is 5.97 Å². The second-order valence-electron chi connectivity index (χ2n) is 3.68. The van der Waals surface area contributed by atoms with Gasteiger partial charge in [0.2, 0.25) is 0 Å². The summed E-state index contributed by atoms with van der Waals surface area (Å²) in [6.45, 7) is 0. The van der Waals surface area contributed by atoms with Gasteiger partial charge in [-0.2, -0.15) is 0 Å². The van der Waals surface area contributed by atoms with Gasteiger partial charge in [0.1, 0.15) is 5.75 Å². The van der Waals surface area contributed by atoms with Crippen LogP contribution >= 0.6 is 11.6 Å². The van der Waals surface area contributed by atoms with Crippen LogP contribution in [0.15, 0.2) is 42.5 Å². The molecule has 0 fully saturated rings. The number of aromatic hydroxyl groups is 1. The minimum Gasteiger partial charge on any atom is -0.507 e. The van der Waals surface area contributed by atoms with E-state index in [1.54, 1.807) is 42.5 Å². The molecule has 0 aliphatic heterocycles. The maximum Gasteiger partial charge on any atom is 0.339 e. The molecule has 3 nitrogen and oxygen atoms in total. The lowest BCUT2D eigenvalue weighted by Crippen LogP contribution is -2.02. The first-order valence-electron chi connectivity index (χ1n) is 5.30. The number of carbonyl (C=O) groups is 1. The van der Waals surface area contributed by atoms with Crippen molar-refractivity contribution in [2.75, 3.05) is 7.11 Å². The Balaban J connectivity index is 2.60. The standard InChI is InChI=1S/C14H11ClO3/c1-18-14(17)11-7-4-6-10(13(11)15)9-5-2-3-8-12(9)16/h2-8,16H,1H3. The number of hydrogen-bond acceptors (Lipinski definition) is 3. The van der Waals surface area contributed by atoms with Gasteiger partial charge in [-0.1, -0.05) is 41.9 Å². The number of hydrogen-bond donors (Lipinski definition) is 1. The van der Waals surface area contributed by atoms with Crippen molar-refractivity contribution >= 4 is 17.6 Å². The summed E-state index contributed by atoms with van der Waals surface area (Å²) in [4.78, 5) is 11.5. The molecule has 2 aromatic rings. The maximum atomic E-state index is 11.5. The fourth-order valence-electron chi connectivity index (χ4n) is 1.71. The van der Waals surface area contributed by atoms with Crippen LogP contribution in [0, 0.1) is 0 Å². The predicted molar refractivity (Wildman–Crippen MR) is 69.9 cm³/mol. The average Bonchev–Trinajstić information content (AvgIpc) is 2.39. The molecule has 92 valence electrons. The monoisotopic (exact) mass is 262 g/mol. The first-order chi connectivity index (χ1) is 8.65. The highest BCUT2D eigenvalue weighted by Gasteiger charge is 2.15. The van der Waals surface area contributed by atoms with E-state index in [0.29, 0.717) is 11.1 Å². The third-order valence-corrected chi connectivity index (χ3v) is 3.01. The van der Waals surface area contributed by atoms with E-state index in [0.717, 1.165) is 0 Å². The molecule has 0 saturated carbocycles. The first-order valence-corrected chi connectivity index (χ1v) is 5.68. The van der Waals surface area contributed by atoms with Crippen molar-refractivity contribution in [1.82, 2.24) is 0 Å². The highest BCUT2D eigenvalue weighted by molar-refractivity contribution is 6.36. The molecule has 0 atom stereocenters. The van der Waals surface area contributed by atoms with Gasteiger partial charge in [-0.3, -0.25) is 0 Å². The van der Waals surface area contributed by atoms with Crippen LogP contribution < -0.4 is 0 Å². The number of methoxy groups -OCH3 is 1. The van der Waals surface area contributed by atoms with Gasteiger partial charge in [-0.15, -0.1) is 0 Å². The number of phenolic OH excluding ortho intramolecular Hbond substituents is 1. The molecule has 0 heterocycles. The molecular formula is C14H11ClO3. The summed E-state index contributed by atoms with van der Waals surface area (Å²) in [5, 5.41) is 10.1. The molecular weight excluding hydrogens is 252 g/mol. The molecule has 0 aliphatic carbocycles. The summed E-state index contributed by atoms with van der Waals surface area (Å²) >= 11 is 6.18. The first kappa shape index (κ1) is 12.5. The predicted octanol–water partition coefficient (Wildman–Crippen LogP) is 3.50. The summed E-state index contributed by atoms with van der Waals surface area (Å²) in [5.74, 6) is -0.390. The van der Waals surface area contributed by atoms with Crippen LogP contribution in [0.25, 0.3) is 11.1 Å². The van der Waals surface area contributed by atoms with Crippen LogP contribution in [-0.4, -0.2) is 18.2 Å². The number of esters is 1. The second-order valence-corrected chi connectivity index (χ2v) is 4.05. The van der Waals surface area contributed by atoms with Crippen LogP contribution in [0.4, 0.5) is 0 Å². The Morgan fingerprint density at radius 1 is 1.11 bits per heavy atom. The van der Waals surface area contributed by atoms with Crippen molar-refractivity contribution in [3.63, 3.8) is 0 Å². The zero-order valence-corrected chi connectivity index (χ0v) is 10.4. The SMILES string of the molecule is COC(=O)c1cccc(-c2ccccc2O)c1Cl. The minimum absolute atomic E-state index is 0.112. The van der Waals surface area contributed by atoms with E-state index in [9.17, 15) is 9.90 Å². The van der Waals surface area contributed by atoms with Crippen molar-refractivity contribution in [1.29, 1.82) is 0 Å². The third-order valence-electron chi connectivity index (χ3n) is 2.60. The van der Waals surface area contributed by atoms with E-state index < -0.39 is 5.97 Å². The average molecular weight is 263 g/mol. The fourth-order valence-corrected chi connectivity index (χ4v) is 2.01. The van der Waals surface area contributed by atoms with Crippen LogP contribution in [0.3, 0.4) is 0 Å². The number of benzene rings is 2. The number of rotatable bonds is 2. The lowest BCUT2D eigenvalue weighted by atomic mass is 10.0. The van der Waals surface area contributed by atoms with E-state index in [1.165, 1.54) is 7.11 Å². The Morgan fingerprint density at radius 2 is 1.78 bits per heavy atom. The highest BCUT2D eigenvalue weighted by Crippen LogP contribution is 2.35. The molecule has 2 aromatic carbocycles. The van der Waals surface area contributed by atoms with E-state index in [2.05, 4.69) is 4.74 Å². The van der Waals surface area contributed by atoms with Crippen molar-refractivity contribution in [2.45, 2.75) is 0 Å². The maximum absolute atomic E-state index is 11.5. The molecule has 18 heavy (non-hydrogen) atoms. The summed E-state index contributed by atoms with van der Waals surface area (Å²) in [5.41, 5.74) is 1.45. The van der Waals surface area contributed by atoms with Gasteiger partial charge in [-0.05, 0) is 12.1 Å². The number of carbonyl (C=O) groups excluding carboxylic acids is 1. The van der Waals surface area contributed by atoms with Crippen LogP contribution in [0.5, 0.6) is 5.75 Å². The van der Waals surface area contributed by atoms with Gasteiger partial charge in [-0.25, -0.2) is 4.79 Å². The van der Waals surface area contributed by atoms with Crippen molar-refractivity contribution in [3.05, 3.63) is 53.1 Å². The molecule has 0 aliphatic rings. The molecule has 0 amide bonds. The topological polar surface area (TPSA) is 46.5 Å². The zero-order chi connectivity index (χ0) is 13.1. The number of halogens is 1. The highest BCUT2D eigenvalue weighted by atomic mass is 35.5. The second kappa shape index (κ2) is 5.10. The van der Waals surface area contributed by atoms with E-state index in [-0.39, 0.29) is 16.3 Å². The molecule has 0 bridgehead atoms. The Morgan fingerprint density at radius 3 is 2.44 bits per heavy atom. The van der Waals surface area contributed by atoms with Gasteiger partial charge in [0.25, 0.3) is 0 Å². The Bertz CT molecular complexity index is 593. The Kier molecular flexibility index (Phi) is 3.53.